The number of hydrogen-bond donors (Lipinski definition) is 2. The first-order chi connectivity index (χ1) is 12.7. The second kappa shape index (κ2) is 8.79. The first kappa shape index (κ1) is 20.6. The second-order valence-corrected chi connectivity index (χ2v) is 7.61. The van der Waals surface area contributed by atoms with Gasteiger partial charge in [-0.2, -0.15) is 4.98 Å². The average Bonchev–Trinajstić information content (AvgIpc) is 3.07. The summed E-state index contributed by atoms with van der Waals surface area (Å²) in [4.78, 5) is 27.1. The number of hydrogen-bond acceptors (Lipinski definition) is 5. The summed E-state index contributed by atoms with van der Waals surface area (Å²) in [5, 5.41) is 15.6. The summed E-state index contributed by atoms with van der Waals surface area (Å²) >= 11 is 0. The molecule has 0 radical (unpaired) electrons. The van der Waals surface area contributed by atoms with Crippen molar-refractivity contribution in [3.63, 3.8) is 0 Å². The van der Waals surface area contributed by atoms with Gasteiger partial charge in [0.05, 0.1) is 0 Å². The van der Waals surface area contributed by atoms with Crippen LogP contribution in [0.3, 0.4) is 0 Å². The van der Waals surface area contributed by atoms with Gasteiger partial charge in [0.2, 0.25) is 17.6 Å². The molecule has 0 aliphatic carbocycles. The minimum absolute atomic E-state index is 0.00982. The van der Waals surface area contributed by atoms with Crippen LogP contribution in [0.5, 0.6) is 0 Å². The van der Waals surface area contributed by atoms with Gasteiger partial charge in [0.25, 0.3) is 0 Å². The van der Waals surface area contributed by atoms with Gasteiger partial charge in [-0.3, -0.25) is 9.59 Å². The molecule has 0 saturated heterocycles. The van der Waals surface area contributed by atoms with E-state index in [-0.39, 0.29) is 18.7 Å². The maximum Gasteiger partial charge on any atom is 0.303 e. The van der Waals surface area contributed by atoms with Crippen molar-refractivity contribution in [3.8, 4) is 11.4 Å². The number of rotatable bonds is 9. The van der Waals surface area contributed by atoms with Gasteiger partial charge < -0.3 is 14.9 Å². The number of aryl methyl sites for hydroxylation is 1. The third kappa shape index (κ3) is 6.51. The Morgan fingerprint density at radius 2 is 1.85 bits per heavy atom. The fourth-order valence-corrected chi connectivity index (χ4v) is 2.63. The molecule has 0 bridgehead atoms. The molecule has 0 aliphatic heterocycles. The Balaban J connectivity index is 1.88. The van der Waals surface area contributed by atoms with Gasteiger partial charge in [-0.25, -0.2) is 0 Å². The highest BCUT2D eigenvalue weighted by Crippen LogP contribution is 2.21. The monoisotopic (exact) mass is 373 g/mol. The molecule has 27 heavy (non-hydrogen) atoms. The lowest BCUT2D eigenvalue weighted by atomic mass is 9.98. The van der Waals surface area contributed by atoms with Crippen LogP contribution >= 0.6 is 0 Å². The van der Waals surface area contributed by atoms with Crippen LogP contribution in [-0.2, 0) is 16.0 Å². The van der Waals surface area contributed by atoms with E-state index in [1.54, 1.807) is 13.8 Å². The zero-order valence-corrected chi connectivity index (χ0v) is 16.3. The van der Waals surface area contributed by atoms with Crippen molar-refractivity contribution in [2.45, 2.75) is 64.8 Å². The van der Waals surface area contributed by atoms with Crippen LogP contribution in [0, 0.1) is 0 Å². The summed E-state index contributed by atoms with van der Waals surface area (Å²) in [6, 6.07) is 8.01. The molecule has 1 amide bonds. The lowest BCUT2D eigenvalue weighted by Gasteiger charge is -2.25. The van der Waals surface area contributed by atoms with Crippen LogP contribution in [0.25, 0.3) is 11.4 Å². The number of amides is 1. The molecule has 1 aromatic heterocycles. The van der Waals surface area contributed by atoms with E-state index in [2.05, 4.69) is 29.3 Å². The number of carbonyl (C=O) groups is 2. The number of carboxylic acid groups (broad SMARTS) is 1. The summed E-state index contributed by atoms with van der Waals surface area (Å²) < 4.78 is 5.24. The molecular formula is C20H27N3O4. The molecule has 2 N–H and O–H groups in total. The van der Waals surface area contributed by atoms with Crippen molar-refractivity contribution in [3.05, 3.63) is 35.7 Å². The van der Waals surface area contributed by atoms with E-state index in [1.165, 1.54) is 5.56 Å². The molecule has 0 saturated carbocycles. The van der Waals surface area contributed by atoms with Crippen molar-refractivity contribution < 1.29 is 19.2 Å². The van der Waals surface area contributed by atoms with E-state index in [4.69, 9.17) is 9.63 Å². The number of nitrogens with zero attached hydrogens (tertiary/aromatic N) is 2. The number of nitrogens with one attached hydrogen (secondary N) is 1. The number of benzene rings is 1. The van der Waals surface area contributed by atoms with Crippen LogP contribution in [0.15, 0.2) is 28.8 Å². The fraction of sp³-hybridized carbons (Fsp3) is 0.500. The number of carboxylic acids is 1. The molecule has 146 valence electrons. The maximum absolute atomic E-state index is 12.1. The van der Waals surface area contributed by atoms with Crippen molar-refractivity contribution in [1.29, 1.82) is 0 Å². The molecule has 1 heterocycles. The molecule has 0 unspecified atom stereocenters. The summed E-state index contributed by atoms with van der Waals surface area (Å²) in [7, 11) is 0. The van der Waals surface area contributed by atoms with E-state index in [9.17, 15) is 9.59 Å². The van der Waals surface area contributed by atoms with Crippen LogP contribution in [0.2, 0.25) is 0 Å². The first-order valence-electron chi connectivity index (χ1n) is 9.12. The molecule has 0 spiro atoms. The fourth-order valence-electron chi connectivity index (χ4n) is 2.63. The predicted molar refractivity (Wildman–Crippen MR) is 101 cm³/mol. The summed E-state index contributed by atoms with van der Waals surface area (Å²) in [5.74, 6) is 0.306. The zero-order valence-electron chi connectivity index (χ0n) is 16.3. The van der Waals surface area contributed by atoms with Gasteiger partial charge in [0, 0.05) is 30.4 Å². The van der Waals surface area contributed by atoms with Crippen LogP contribution in [0.4, 0.5) is 0 Å². The van der Waals surface area contributed by atoms with Gasteiger partial charge in [-0.15, -0.1) is 0 Å². The third-order valence-electron chi connectivity index (χ3n) is 4.31. The SMILES string of the molecule is CC(C)c1ccc(-c2noc(CCC(=O)NC(C)(C)CCC(=O)O)n2)cc1. The largest absolute Gasteiger partial charge is 0.481 e. The molecule has 0 aliphatic rings. The Hall–Kier alpha value is -2.70. The lowest BCUT2D eigenvalue weighted by Crippen LogP contribution is -2.43. The standard InChI is InChI=1S/C20H27N3O4/c1-13(2)14-5-7-15(8-6-14)19-21-17(27-23-19)10-9-16(24)22-20(3,4)12-11-18(25)26/h5-8,13H,9-12H2,1-4H3,(H,22,24)(H,25,26). The second-order valence-electron chi connectivity index (χ2n) is 7.61. The third-order valence-corrected chi connectivity index (χ3v) is 4.31. The van der Waals surface area contributed by atoms with Gasteiger partial charge in [-0.05, 0) is 31.7 Å². The van der Waals surface area contributed by atoms with E-state index in [0.29, 0.717) is 30.5 Å². The Kier molecular flexibility index (Phi) is 6.71. The summed E-state index contributed by atoms with van der Waals surface area (Å²) in [6.45, 7) is 7.88. The highest BCUT2D eigenvalue weighted by atomic mass is 16.5. The zero-order chi connectivity index (χ0) is 20.0. The van der Waals surface area contributed by atoms with Gasteiger partial charge in [-0.1, -0.05) is 43.3 Å². The molecule has 0 fully saturated rings. The van der Waals surface area contributed by atoms with Crippen LogP contribution in [0.1, 0.15) is 64.3 Å². The lowest BCUT2D eigenvalue weighted by molar-refractivity contribution is -0.137. The van der Waals surface area contributed by atoms with Crippen molar-refractivity contribution in [1.82, 2.24) is 15.5 Å². The summed E-state index contributed by atoms with van der Waals surface area (Å²) in [6.07, 6.45) is 0.906. The highest BCUT2D eigenvalue weighted by molar-refractivity contribution is 5.77. The van der Waals surface area contributed by atoms with Gasteiger partial charge in [0.15, 0.2) is 0 Å². The van der Waals surface area contributed by atoms with E-state index >= 15 is 0 Å². The van der Waals surface area contributed by atoms with E-state index < -0.39 is 11.5 Å². The first-order valence-corrected chi connectivity index (χ1v) is 9.12. The molecule has 7 nitrogen and oxygen atoms in total. The van der Waals surface area contributed by atoms with Crippen LogP contribution in [-0.4, -0.2) is 32.7 Å². The highest BCUT2D eigenvalue weighted by Gasteiger charge is 2.21. The Labute approximate surface area is 159 Å². The minimum atomic E-state index is -0.878. The topological polar surface area (TPSA) is 105 Å². The Morgan fingerprint density at radius 3 is 2.44 bits per heavy atom. The quantitative estimate of drug-likeness (QED) is 0.696. The predicted octanol–water partition coefficient (Wildman–Crippen LogP) is 3.55. The summed E-state index contributed by atoms with van der Waals surface area (Å²) in [5.41, 5.74) is 1.53. The molecule has 2 aromatic rings. The number of carbonyl (C=O) groups excluding carboxylic acids is 1. The molecule has 0 atom stereocenters. The van der Waals surface area contributed by atoms with Gasteiger partial charge in [0.1, 0.15) is 0 Å². The number of aliphatic carboxylic acids is 1. The van der Waals surface area contributed by atoms with E-state index in [0.717, 1.165) is 5.56 Å². The molecular weight excluding hydrogens is 346 g/mol. The molecule has 2 rings (SSSR count). The van der Waals surface area contributed by atoms with Gasteiger partial charge >= 0.3 is 5.97 Å². The normalized spacial score (nSPS) is 11.6. The Bertz CT molecular complexity index is 779. The van der Waals surface area contributed by atoms with Crippen molar-refractivity contribution in [2.24, 2.45) is 0 Å². The average molecular weight is 373 g/mol. The molecule has 7 heteroatoms. The van der Waals surface area contributed by atoms with E-state index in [1.807, 2.05) is 24.3 Å². The van der Waals surface area contributed by atoms with Crippen molar-refractivity contribution in [2.75, 3.05) is 0 Å². The Morgan fingerprint density at radius 1 is 1.19 bits per heavy atom. The smallest absolute Gasteiger partial charge is 0.303 e. The maximum atomic E-state index is 12.1. The van der Waals surface area contributed by atoms with Crippen molar-refractivity contribution >= 4 is 11.9 Å². The molecule has 1 aromatic carbocycles. The minimum Gasteiger partial charge on any atom is -0.481 e. The van der Waals surface area contributed by atoms with Crippen LogP contribution < -0.4 is 5.32 Å². The number of aromatic nitrogens is 2.